The van der Waals surface area contributed by atoms with Crippen molar-refractivity contribution in [2.24, 2.45) is 5.92 Å². The summed E-state index contributed by atoms with van der Waals surface area (Å²) in [4.78, 5) is 0. The Hall–Kier alpha value is 0.137. The van der Waals surface area contributed by atoms with Crippen LogP contribution in [-0.2, 0) is 8.85 Å². The second-order valence-corrected chi connectivity index (χ2v) is 8.38. The van der Waals surface area contributed by atoms with E-state index in [-0.39, 0.29) is 0 Å². The van der Waals surface area contributed by atoms with Crippen LogP contribution < -0.4 is 0 Å². The van der Waals surface area contributed by atoms with E-state index in [0.29, 0.717) is 5.54 Å². The van der Waals surface area contributed by atoms with Crippen LogP contribution in [0.25, 0.3) is 0 Å². The van der Waals surface area contributed by atoms with Gasteiger partial charge in [-0.3, -0.25) is 0 Å². The van der Waals surface area contributed by atoms with Crippen molar-refractivity contribution in [3.63, 3.8) is 0 Å². The van der Waals surface area contributed by atoms with Crippen LogP contribution in [0.4, 0.5) is 0 Å². The van der Waals surface area contributed by atoms with Gasteiger partial charge in [0.2, 0.25) is 0 Å². The minimum Gasteiger partial charge on any atom is -0.397 e. The molecule has 0 bridgehead atoms. The maximum absolute atomic E-state index is 5.67. The molecule has 1 fully saturated rings. The average Bonchev–Trinajstić information content (AvgIpc) is 2.04. The highest BCUT2D eigenvalue weighted by Gasteiger charge is 2.42. The van der Waals surface area contributed by atoms with Gasteiger partial charge in [0.15, 0.2) is 0 Å². The molecule has 0 N–H and O–H groups in total. The first-order valence-electron chi connectivity index (χ1n) is 5.25. The second kappa shape index (κ2) is 4.58. The summed E-state index contributed by atoms with van der Waals surface area (Å²) in [5, 5.41) is 0. The lowest BCUT2D eigenvalue weighted by molar-refractivity contribution is 0.209. The summed E-state index contributed by atoms with van der Waals surface area (Å²) < 4.78 is 11.3. The van der Waals surface area contributed by atoms with Gasteiger partial charge < -0.3 is 8.85 Å². The molecule has 1 aliphatic rings. The molecule has 0 aromatic carbocycles. The van der Waals surface area contributed by atoms with E-state index in [1.165, 1.54) is 25.3 Å². The molecule has 0 saturated heterocycles. The van der Waals surface area contributed by atoms with Crippen LogP contribution in [0.5, 0.6) is 0 Å². The fourth-order valence-electron chi connectivity index (χ4n) is 2.06. The third-order valence-corrected chi connectivity index (χ3v) is 7.66. The summed E-state index contributed by atoms with van der Waals surface area (Å²) in [6.07, 6.45) is 4.17. The van der Waals surface area contributed by atoms with Gasteiger partial charge in [-0.1, -0.05) is 33.1 Å². The molecule has 1 rings (SSSR count). The minimum absolute atomic E-state index is 0.558. The van der Waals surface area contributed by atoms with Gasteiger partial charge >= 0.3 is 8.56 Å². The van der Waals surface area contributed by atoms with Gasteiger partial charge in [0.25, 0.3) is 0 Å². The Morgan fingerprint density at radius 2 is 1.77 bits per heavy atom. The third-order valence-electron chi connectivity index (χ3n) is 3.37. The van der Waals surface area contributed by atoms with Crippen LogP contribution in [0.1, 0.15) is 33.1 Å². The molecule has 1 saturated carbocycles. The predicted molar refractivity (Wildman–Crippen MR) is 57.0 cm³/mol. The lowest BCUT2D eigenvalue weighted by Crippen LogP contribution is -2.45. The zero-order chi connectivity index (χ0) is 9.90. The Morgan fingerprint density at radius 3 is 2.00 bits per heavy atom. The van der Waals surface area contributed by atoms with E-state index in [1.807, 2.05) is 14.2 Å². The Kier molecular flexibility index (Phi) is 3.95. The first-order chi connectivity index (χ1) is 6.14. The summed E-state index contributed by atoms with van der Waals surface area (Å²) in [5.41, 5.74) is 0.558. The Balaban J connectivity index is 2.52. The molecule has 2 nitrogen and oxygen atoms in total. The summed E-state index contributed by atoms with van der Waals surface area (Å²) in [6.45, 7) is 4.44. The molecule has 3 heteroatoms. The fraction of sp³-hybridized carbons (Fsp3) is 1.00. The first kappa shape index (κ1) is 11.2. The second-order valence-electron chi connectivity index (χ2n) is 4.38. The van der Waals surface area contributed by atoms with Crippen LogP contribution in [0, 0.1) is 5.92 Å². The van der Waals surface area contributed by atoms with Crippen molar-refractivity contribution >= 4 is 8.56 Å². The van der Waals surface area contributed by atoms with Crippen molar-refractivity contribution < 1.29 is 8.85 Å². The molecule has 0 amide bonds. The standard InChI is InChI=1S/C10H22O2Si/c1-9(2)13(11-3,12-4)8-10-6-5-7-10/h9-10H,5-8H2,1-4H3. The van der Waals surface area contributed by atoms with Crippen LogP contribution >= 0.6 is 0 Å². The topological polar surface area (TPSA) is 18.5 Å². The molecule has 0 radical (unpaired) electrons. The highest BCUT2D eigenvalue weighted by atomic mass is 28.4. The van der Waals surface area contributed by atoms with E-state index >= 15 is 0 Å². The van der Waals surface area contributed by atoms with Crippen LogP contribution in [-0.4, -0.2) is 22.8 Å². The molecule has 0 aromatic rings. The summed E-state index contributed by atoms with van der Waals surface area (Å²) >= 11 is 0. The van der Waals surface area contributed by atoms with Crippen molar-refractivity contribution in [3.8, 4) is 0 Å². The van der Waals surface area contributed by atoms with Crippen LogP contribution in [0.3, 0.4) is 0 Å². The Bertz CT molecular complexity index is 151. The largest absolute Gasteiger partial charge is 0.397 e. The molecule has 0 aliphatic heterocycles. The monoisotopic (exact) mass is 202 g/mol. The molecule has 78 valence electrons. The first-order valence-corrected chi connectivity index (χ1v) is 7.35. The molecule has 0 aromatic heterocycles. The lowest BCUT2D eigenvalue weighted by Gasteiger charge is -2.37. The van der Waals surface area contributed by atoms with Gasteiger partial charge in [-0.25, -0.2) is 0 Å². The van der Waals surface area contributed by atoms with Gasteiger partial charge in [-0.2, -0.15) is 0 Å². The molecule has 13 heavy (non-hydrogen) atoms. The van der Waals surface area contributed by atoms with E-state index in [0.717, 1.165) is 5.92 Å². The van der Waals surface area contributed by atoms with Gasteiger partial charge in [-0.15, -0.1) is 0 Å². The van der Waals surface area contributed by atoms with E-state index < -0.39 is 8.56 Å². The van der Waals surface area contributed by atoms with E-state index in [1.54, 1.807) is 0 Å². The van der Waals surface area contributed by atoms with Gasteiger partial charge in [0.05, 0.1) is 0 Å². The Labute approximate surface area is 82.9 Å². The van der Waals surface area contributed by atoms with Crippen molar-refractivity contribution in [2.75, 3.05) is 14.2 Å². The molecule has 1 aliphatic carbocycles. The number of hydrogen-bond acceptors (Lipinski definition) is 2. The van der Waals surface area contributed by atoms with Crippen molar-refractivity contribution in [1.82, 2.24) is 0 Å². The minimum atomic E-state index is -1.85. The van der Waals surface area contributed by atoms with E-state index in [4.69, 9.17) is 8.85 Å². The quantitative estimate of drug-likeness (QED) is 0.638. The molecule has 0 unspecified atom stereocenters. The van der Waals surface area contributed by atoms with Crippen LogP contribution in [0.2, 0.25) is 11.6 Å². The normalized spacial score (nSPS) is 19.2. The molecule has 0 atom stereocenters. The number of hydrogen-bond donors (Lipinski definition) is 0. The van der Waals surface area contributed by atoms with Gasteiger partial charge in [0, 0.05) is 14.2 Å². The number of rotatable bonds is 5. The van der Waals surface area contributed by atoms with E-state index in [9.17, 15) is 0 Å². The smallest absolute Gasteiger partial charge is 0.340 e. The summed E-state index contributed by atoms with van der Waals surface area (Å²) in [5.74, 6) is 0.883. The van der Waals surface area contributed by atoms with Gasteiger partial charge in [0.1, 0.15) is 0 Å². The van der Waals surface area contributed by atoms with Crippen molar-refractivity contribution in [1.29, 1.82) is 0 Å². The third kappa shape index (κ3) is 2.33. The fourth-order valence-corrected chi connectivity index (χ4v) is 5.18. The maximum Gasteiger partial charge on any atom is 0.340 e. The zero-order valence-corrected chi connectivity index (χ0v) is 10.3. The predicted octanol–water partition coefficient (Wildman–Crippen LogP) is 2.93. The van der Waals surface area contributed by atoms with Crippen molar-refractivity contribution in [2.45, 2.75) is 44.7 Å². The average molecular weight is 202 g/mol. The maximum atomic E-state index is 5.67. The lowest BCUT2D eigenvalue weighted by atomic mass is 9.87. The van der Waals surface area contributed by atoms with E-state index in [2.05, 4.69) is 13.8 Å². The summed E-state index contributed by atoms with van der Waals surface area (Å²) in [7, 11) is 1.77. The highest BCUT2D eigenvalue weighted by Crippen LogP contribution is 2.38. The van der Waals surface area contributed by atoms with Crippen molar-refractivity contribution in [3.05, 3.63) is 0 Å². The zero-order valence-electron chi connectivity index (χ0n) is 9.30. The molecule has 0 heterocycles. The summed E-state index contributed by atoms with van der Waals surface area (Å²) in [6, 6.07) is 1.19. The van der Waals surface area contributed by atoms with Crippen LogP contribution in [0.15, 0.2) is 0 Å². The highest BCUT2D eigenvalue weighted by molar-refractivity contribution is 6.68. The molecular weight excluding hydrogens is 180 g/mol. The molecule has 0 spiro atoms. The SMILES string of the molecule is CO[Si](CC1CCC1)(OC)C(C)C. The van der Waals surface area contributed by atoms with Gasteiger partial charge in [-0.05, 0) is 17.5 Å². The molecular formula is C10H22O2Si. The Morgan fingerprint density at radius 1 is 1.23 bits per heavy atom.